The molecule has 0 spiro atoms. The van der Waals surface area contributed by atoms with Crippen molar-refractivity contribution in [2.45, 2.75) is 83.5 Å². The maximum atomic E-state index is 14.5. The second-order valence-electron chi connectivity index (χ2n) is 13.7. The van der Waals surface area contributed by atoms with Crippen LogP contribution in [0.4, 0.5) is 13.2 Å². The van der Waals surface area contributed by atoms with Gasteiger partial charge in [0.2, 0.25) is 5.88 Å². The summed E-state index contributed by atoms with van der Waals surface area (Å²) in [7, 11) is 3.35. The van der Waals surface area contributed by atoms with E-state index in [1.807, 2.05) is 52.1 Å². The summed E-state index contributed by atoms with van der Waals surface area (Å²) < 4.78 is 58.9. The van der Waals surface area contributed by atoms with Gasteiger partial charge >= 0.3 is 12.1 Å². The second-order valence-corrected chi connectivity index (χ2v) is 13.7. The number of rotatable bonds is 8. The molecule has 12 heteroatoms. The van der Waals surface area contributed by atoms with Crippen LogP contribution in [0.25, 0.3) is 5.57 Å². The molecule has 2 fully saturated rings. The minimum absolute atomic E-state index is 0.0324. The van der Waals surface area contributed by atoms with Crippen molar-refractivity contribution < 1.29 is 42.1 Å². The van der Waals surface area contributed by atoms with E-state index in [9.17, 15) is 27.9 Å². The molecular formula is C35H44F3N3O6. The van der Waals surface area contributed by atoms with Gasteiger partial charge in [-0.05, 0) is 60.9 Å². The van der Waals surface area contributed by atoms with Crippen molar-refractivity contribution in [2.75, 3.05) is 33.9 Å². The molecule has 0 radical (unpaired) electrons. The standard InChI is InChI=1S/C35H44F3N3O6/c1-34(2,3)27-29(33(43)44)41(32(42)26-12-8-9-17-46-26)28(25-11-7-6-10-24(25)21-13-15-40(4)16-14-21)30(27)47-20-22-18-23(35(36,37)38)19-39-31(22)45-5/h6-7,10-11,13,18-19,26-30H,8-9,12,14-17,20H2,1-5H3,(H,43,44)/t26-,27+,28-,29-,30-/m0/s1. The number of amides is 1. The van der Waals surface area contributed by atoms with Crippen molar-refractivity contribution in [3.05, 3.63) is 64.9 Å². The average Bonchev–Trinajstić information content (AvgIpc) is 3.39. The third-order valence-corrected chi connectivity index (χ3v) is 9.48. The molecular weight excluding hydrogens is 615 g/mol. The molecule has 1 aromatic heterocycles. The number of carbonyl (C=O) groups excluding carboxylic acids is 1. The highest BCUT2D eigenvalue weighted by Crippen LogP contribution is 2.51. The Kier molecular flexibility index (Phi) is 10.3. The molecule has 0 saturated carbocycles. The molecule has 1 aromatic carbocycles. The van der Waals surface area contributed by atoms with Gasteiger partial charge in [0.25, 0.3) is 5.91 Å². The Balaban J connectivity index is 1.67. The Labute approximate surface area is 273 Å². The van der Waals surface area contributed by atoms with E-state index in [0.717, 1.165) is 55.1 Å². The number of carboxylic acids is 1. The third-order valence-electron chi connectivity index (χ3n) is 9.48. The summed E-state index contributed by atoms with van der Waals surface area (Å²) in [5, 5.41) is 10.8. The summed E-state index contributed by atoms with van der Waals surface area (Å²) in [4.78, 5) is 35.3. The quantitative estimate of drug-likeness (QED) is 0.370. The van der Waals surface area contributed by atoms with E-state index in [-0.39, 0.29) is 18.1 Å². The number of pyridine rings is 1. The van der Waals surface area contributed by atoms with Crippen molar-refractivity contribution in [3.63, 3.8) is 0 Å². The number of hydrogen-bond acceptors (Lipinski definition) is 7. The summed E-state index contributed by atoms with van der Waals surface area (Å²) in [6.45, 7) is 7.29. The van der Waals surface area contributed by atoms with E-state index in [1.165, 1.54) is 12.0 Å². The Morgan fingerprint density at radius 3 is 2.49 bits per heavy atom. The van der Waals surface area contributed by atoms with Gasteiger partial charge in [-0.3, -0.25) is 4.79 Å². The summed E-state index contributed by atoms with van der Waals surface area (Å²) in [5.74, 6) is -2.38. The van der Waals surface area contributed by atoms with Gasteiger partial charge in [0, 0.05) is 37.4 Å². The molecule has 0 bridgehead atoms. The van der Waals surface area contributed by atoms with Gasteiger partial charge in [0.15, 0.2) is 0 Å². The van der Waals surface area contributed by atoms with Gasteiger partial charge in [-0.25, -0.2) is 9.78 Å². The molecule has 5 rings (SSSR count). The molecule has 256 valence electrons. The molecule has 1 N–H and O–H groups in total. The first-order valence-electron chi connectivity index (χ1n) is 16.1. The predicted octanol–water partition coefficient (Wildman–Crippen LogP) is 5.98. The number of likely N-dealkylation sites (N-methyl/N-ethyl adjacent to an activating group) is 1. The van der Waals surface area contributed by atoms with Crippen LogP contribution in [0.1, 0.15) is 74.8 Å². The number of benzene rings is 1. The maximum Gasteiger partial charge on any atom is 0.417 e. The molecule has 0 unspecified atom stereocenters. The predicted molar refractivity (Wildman–Crippen MR) is 168 cm³/mol. The van der Waals surface area contributed by atoms with Crippen molar-refractivity contribution in [2.24, 2.45) is 11.3 Å². The fraction of sp³-hybridized carbons (Fsp3) is 0.571. The first-order valence-corrected chi connectivity index (χ1v) is 16.1. The van der Waals surface area contributed by atoms with Crippen LogP contribution in [0, 0.1) is 11.3 Å². The number of aliphatic carboxylic acids is 1. The monoisotopic (exact) mass is 659 g/mol. The summed E-state index contributed by atoms with van der Waals surface area (Å²) in [6.07, 6.45) is -0.732. The molecule has 9 nitrogen and oxygen atoms in total. The molecule has 2 aromatic rings. The number of carbonyl (C=O) groups is 2. The molecule has 2 saturated heterocycles. The van der Waals surface area contributed by atoms with Crippen molar-refractivity contribution in [1.29, 1.82) is 0 Å². The Bertz CT molecular complexity index is 1480. The summed E-state index contributed by atoms with van der Waals surface area (Å²) >= 11 is 0. The van der Waals surface area contributed by atoms with Crippen LogP contribution in [-0.4, -0.2) is 83.9 Å². The Morgan fingerprint density at radius 1 is 1.15 bits per heavy atom. The number of methoxy groups -OCH3 is 1. The zero-order chi connectivity index (χ0) is 34.1. The molecule has 47 heavy (non-hydrogen) atoms. The number of halogens is 3. The largest absolute Gasteiger partial charge is 0.481 e. The fourth-order valence-corrected chi connectivity index (χ4v) is 7.21. The second kappa shape index (κ2) is 13.9. The minimum Gasteiger partial charge on any atom is -0.481 e. The van der Waals surface area contributed by atoms with Gasteiger partial charge in [-0.15, -0.1) is 0 Å². The molecule has 3 aliphatic heterocycles. The van der Waals surface area contributed by atoms with E-state index in [2.05, 4.69) is 16.0 Å². The van der Waals surface area contributed by atoms with Crippen LogP contribution in [0.15, 0.2) is 42.6 Å². The Hall–Kier alpha value is -3.48. The highest BCUT2D eigenvalue weighted by Gasteiger charge is 2.60. The van der Waals surface area contributed by atoms with Crippen LogP contribution in [0.3, 0.4) is 0 Å². The van der Waals surface area contributed by atoms with Crippen LogP contribution < -0.4 is 4.74 Å². The van der Waals surface area contributed by atoms with Gasteiger partial charge in [-0.1, -0.05) is 51.1 Å². The normalized spacial score (nSPS) is 25.8. The fourth-order valence-electron chi connectivity index (χ4n) is 7.21. The van der Waals surface area contributed by atoms with E-state index < -0.39 is 59.2 Å². The molecule has 5 atom stereocenters. The third kappa shape index (κ3) is 7.34. The minimum atomic E-state index is -4.64. The lowest BCUT2D eigenvalue weighted by atomic mass is 9.73. The first-order chi connectivity index (χ1) is 22.2. The smallest absolute Gasteiger partial charge is 0.417 e. The van der Waals surface area contributed by atoms with Gasteiger partial charge < -0.3 is 29.1 Å². The number of aromatic nitrogens is 1. The van der Waals surface area contributed by atoms with Crippen LogP contribution in [0.5, 0.6) is 5.88 Å². The first kappa shape index (κ1) is 34.8. The van der Waals surface area contributed by atoms with Crippen LogP contribution in [-0.2, 0) is 31.8 Å². The molecule has 0 aliphatic carbocycles. The SMILES string of the molecule is COc1ncc(C(F)(F)F)cc1CO[C@H]1[C@H](C(C)(C)C)[C@@H](C(=O)O)N(C(=O)[C@@H]2CCCCO2)[C@H]1c1ccccc1C1=CCN(C)CC1. The number of hydrogen-bond donors (Lipinski definition) is 1. The van der Waals surface area contributed by atoms with Gasteiger partial charge in [-0.2, -0.15) is 13.2 Å². The van der Waals surface area contributed by atoms with E-state index in [1.54, 1.807) is 0 Å². The summed E-state index contributed by atoms with van der Waals surface area (Å²) in [6, 6.07) is 6.41. The van der Waals surface area contributed by atoms with Crippen molar-refractivity contribution in [3.8, 4) is 5.88 Å². The highest BCUT2D eigenvalue weighted by atomic mass is 19.4. The molecule has 4 heterocycles. The number of alkyl halides is 3. The van der Waals surface area contributed by atoms with Crippen LogP contribution in [0.2, 0.25) is 0 Å². The van der Waals surface area contributed by atoms with E-state index >= 15 is 0 Å². The highest BCUT2D eigenvalue weighted by molar-refractivity contribution is 5.88. The van der Waals surface area contributed by atoms with Crippen LogP contribution >= 0.6 is 0 Å². The van der Waals surface area contributed by atoms with E-state index in [0.29, 0.717) is 19.2 Å². The average molecular weight is 660 g/mol. The molecule has 1 amide bonds. The van der Waals surface area contributed by atoms with Gasteiger partial charge in [0.1, 0.15) is 12.1 Å². The maximum absolute atomic E-state index is 14.5. The number of carboxylic acid groups (broad SMARTS) is 1. The zero-order valence-corrected chi connectivity index (χ0v) is 27.5. The molecule has 3 aliphatic rings. The lowest BCUT2D eigenvalue weighted by Crippen LogP contribution is -2.51. The van der Waals surface area contributed by atoms with E-state index in [4.69, 9.17) is 14.2 Å². The number of likely N-dealkylation sites (tertiary alicyclic amines) is 1. The lowest BCUT2D eigenvalue weighted by molar-refractivity contribution is -0.159. The number of ether oxygens (including phenoxy) is 3. The Morgan fingerprint density at radius 2 is 1.89 bits per heavy atom. The van der Waals surface area contributed by atoms with Gasteiger partial charge in [0.05, 0.1) is 31.4 Å². The summed E-state index contributed by atoms with van der Waals surface area (Å²) in [5.41, 5.74) is 1.09. The lowest BCUT2D eigenvalue weighted by Gasteiger charge is -2.36. The number of nitrogens with zero attached hydrogens (tertiary/aromatic N) is 3. The zero-order valence-electron chi connectivity index (χ0n) is 27.5. The van der Waals surface area contributed by atoms with Crippen molar-refractivity contribution in [1.82, 2.24) is 14.8 Å². The topological polar surface area (TPSA) is 101 Å². The van der Waals surface area contributed by atoms with Crippen molar-refractivity contribution >= 4 is 17.4 Å².